The minimum absolute atomic E-state index is 0. The molecule has 0 aromatic carbocycles. The van der Waals surface area contributed by atoms with E-state index in [2.05, 4.69) is 4.18 Å². The molecule has 0 fully saturated rings. The molecular weight excluding hydrogens is 197 g/mol. The molecule has 1 aliphatic heterocycles. The maximum absolute atomic E-state index is 10.6. The van der Waals surface area contributed by atoms with E-state index in [-0.39, 0.29) is 57.0 Å². The second-order valence-corrected chi connectivity index (χ2v) is 3.09. The first-order chi connectivity index (χ1) is 4.51. The van der Waals surface area contributed by atoms with Gasteiger partial charge < -0.3 is 4.18 Å². The van der Waals surface area contributed by atoms with Crippen LogP contribution in [0.25, 0.3) is 0 Å². The van der Waals surface area contributed by atoms with Gasteiger partial charge in [-0.15, -0.1) is 0 Å². The molecule has 1 amide bonds. The number of carbonyl (C=O) groups excluding carboxylic acids is 1. The molecule has 11 heavy (non-hydrogen) atoms. The number of carbonyl (C=O) groups is 1. The number of amides is 1. The van der Waals surface area contributed by atoms with E-state index in [9.17, 15) is 13.2 Å². The second kappa shape index (κ2) is 4.01. The SMILES string of the molecule is CC1=COS(=O)(=O)NC1=O.[KH]. The number of hydrogen-bond donors (Lipinski definition) is 1. The molecule has 0 aliphatic carbocycles. The monoisotopic (exact) mass is 203 g/mol. The standard InChI is InChI=1S/C4H5NO4S.K.H/c1-3-2-9-10(7,8)5-4(3)6;;/h2H,1H3,(H,5,6);;. The molecule has 0 radical (unpaired) electrons. The molecule has 0 saturated heterocycles. The first-order valence-electron chi connectivity index (χ1n) is 2.43. The third kappa shape index (κ3) is 3.22. The zero-order valence-electron chi connectivity index (χ0n) is 5.12. The van der Waals surface area contributed by atoms with Crippen LogP contribution in [0, 0.1) is 0 Å². The molecule has 1 heterocycles. The van der Waals surface area contributed by atoms with Crippen molar-refractivity contribution in [1.29, 1.82) is 0 Å². The topological polar surface area (TPSA) is 72.5 Å². The zero-order valence-corrected chi connectivity index (χ0v) is 5.94. The van der Waals surface area contributed by atoms with Crippen LogP contribution < -0.4 is 4.72 Å². The van der Waals surface area contributed by atoms with Crippen LogP contribution in [0.1, 0.15) is 6.92 Å². The average molecular weight is 203 g/mol. The summed E-state index contributed by atoms with van der Waals surface area (Å²) in [6.45, 7) is 1.45. The molecule has 0 bridgehead atoms. The Morgan fingerprint density at radius 3 is 2.45 bits per heavy atom. The predicted molar refractivity (Wildman–Crippen MR) is 39.1 cm³/mol. The van der Waals surface area contributed by atoms with Crippen molar-refractivity contribution in [2.75, 3.05) is 0 Å². The van der Waals surface area contributed by atoms with Gasteiger partial charge in [0.2, 0.25) is 0 Å². The predicted octanol–water partition coefficient (Wildman–Crippen LogP) is -1.37. The van der Waals surface area contributed by atoms with E-state index in [4.69, 9.17) is 0 Å². The van der Waals surface area contributed by atoms with Gasteiger partial charge in [-0.3, -0.25) is 4.79 Å². The summed E-state index contributed by atoms with van der Waals surface area (Å²) in [6, 6.07) is 0. The zero-order chi connectivity index (χ0) is 7.78. The minimum atomic E-state index is -3.84. The summed E-state index contributed by atoms with van der Waals surface area (Å²) in [5.74, 6) is -0.647. The van der Waals surface area contributed by atoms with Crippen molar-refractivity contribution in [3.63, 3.8) is 0 Å². The van der Waals surface area contributed by atoms with Gasteiger partial charge in [0.05, 0.1) is 5.57 Å². The van der Waals surface area contributed by atoms with E-state index in [1.54, 1.807) is 4.72 Å². The summed E-state index contributed by atoms with van der Waals surface area (Å²) in [5, 5.41) is 0. The van der Waals surface area contributed by atoms with Crippen LogP contribution in [-0.4, -0.2) is 65.7 Å². The fourth-order valence-electron chi connectivity index (χ4n) is 0.407. The quantitative estimate of drug-likeness (QED) is 0.493. The Labute approximate surface area is 107 Å². The fourth-order valence-corrected chi connectivity index (χ4v) is 1.11. The van der Waals surface area contributed by atoms with Gasteiger partial charge in [0.15, 0.2) is 0 Å². The molecule has 0 unspecified atom stereocenters. The summed E-state index contributed by atoms with van der Waals surface area (Å²) in [7, 11) is -3.84. The van der Waals surface area contributed by atoms with Crippen molar-refractivity contribution in [2.24, 2.45) is 0 Å². The van der Waals surface area contributed by atoms with Crippen molar-refractivity contribution < 1.29 is 17.4 Å². The van der Waals surface area contributed by atoms with Gasteiger partial charge in [-0.2, -0.15) is 8.42 Å². The van der Waals surface area contributed by atoms with Gasteiger partial charge in [-0.1, -0.05) is 0 Å². The van der Waals surface area contributed by atoms with Crippen LogP contribution in [0.15, 0.2) is 11.8 Å². The normalized spacial score (nSPS) is 20.5. The summed E-state index contributed by atoms with van der Waals surface area (Å²) < 4.78 is 26.6. The molecule has 1 N–H and O–H groups in total. The van der Waals surface area contributed by atoms with Crippen LogP contribution in [-0.2, 0) is 19.3 Å². The molecular formula is C4H6KNO4S. The van der Waals surface area contributed by atoms with E-state index in [0.29, 0.717) is 0 Å². The van der Waals surface area contributed by atoms with Gasteiger partial charge in [0.1, 0.15) is 6.26 Å². The molecule has 58 valence electrons. The molecule has 7 heteroatoms. The molecule has 1 rings (SSSR count). The van der Waals surface area contributed by atoms with Gasteiger partial charge in [0.25, 0.3) is 5.91 Å². The third-order valence-corrected chi connectivity index (χ3v) is 1.71. The summed E-state index contributed by atoms with van der Waals surface area (Å²) in [5.41, 5.74) is 0.231. The van der Waals surface area contributed by atoms with Crippen LogP contribution in [0.3, 0.4) is 0 Å². The Morgan fingerprint density at radius 1 is 1.55 bits per heavy atom. The average Bonchev–Trinajstić information content (AvgIpc) is 1.79. The van der Waals surface area contributed by atoms with Crippen LogP contribution in [0.4, 0.5) is 0 Å². The Morgan fingerprint density at radius 2 is 2.09 bits per heavy atom. The van der Waals surface area contributed by atoms with Crippen LogP contribution in [0.2, 0.25) is 0 Å². The number of nitrogens with one attached hydrogen (secondary N) is 1. The van der Waals surface area contributed by atoms with Crippen LogP contribution >= 0.6 is 0 Å². The Kier molecular flexibility index (Phi) is 4.23. The van der Waals surface area contributed by atoms with Gasteiger partial charge >= 0.3 is 61.7 Å². The third-order valence-electron chi connectivity index (χ3n) is 0.927. The maximum atomic E-state index is 10.6. The van der Waals surface area contributed by atoms with Gasteiger partial charge in [-0.05, 0) is 6.92 Å². The van der Waals surface area contributed by atoms with E-state index in [1.807, 2.05) is 0 Å². The van der Waals surface area contributed by atoms with Crippen molar-refractivity contribution in [3.05, 3.63) is 11.8 Å². The van der Waals surface area contributed by atoms with E-state index < -0.39 is 16.2 Å². The molecule has 0 aromatic rings. The summed E-state index contributed by atoms with van der Waals surface area (Å²) in [6.07, 6.45) is 0.897. The Bertz CT molecular complexity index is 293. The number of hydrogen-bond acceptors (Lipinski definition) is 4. The number of rotatable bonds is 0. The fraction of sp³-hybridized carbons (Fsp3) is 0.250. The first kappa shape index (κ1) is 11.6. The Hall–Kier alpha value is 0.596. The van der Waals surface area contributed by atoms with Crippen molar-refractivity contribution >= 4 is 67.6 Å². The molecule has 5 nitrogen and oxygen atoms in total. The summed E-state index contributed by atoms with van der Waals surface area (Å²) >= 11 is 0. The van der Waals surface area contributed by atoms with Crippen molar-refractivity contribution in [3.8, 4) is 0 Å². The summed E-state index contributed by atoms with van der Waals surface area (Å²) in [4.78, 5) is 10.6. The molecule has 0 aromatic heterocycles. The van der Waals surface area contributed by atoms with Crippen molar-refractivity contribution in [1.82, 2.24) is 4.72 Å². The van der Waals surface area contributed by atoms with E-state index >= 15 is 0 Å². The first-order valence-corrected chi connectivity index (χ1v) is 3.84. The van der Waals surface area contributed by atoms with Gasteiger partial charge in [0, 0.05) is 0 Å². The van der Waals surface area contributed by atoms with Crippen LogP contribution in [0.5, 0.6) is 0 Å². The van der Waals surface area contributed by atoms with E-state index in [1.165, 1.54) is 6.92 Å². The van der Waals surface area contributed by atoms with Crippen molar-refractivity contribution in [2.45, 2.75) is 6.92 Å². The van der Waals surface area contributed by atoms with E-state index in [0.717, 1.165) is 6.26 Å². The molecule has 0 atom stereocenters. The Balaban J connectivity index is 0.000001000. The molecule has 1 aliphatic rings. The van der Waals surface area contributed by atoms with Gasteiger partial charge in [-0.25, -0.2) is 4.72 Å². The molecule has 0 spiro atoms. The second-order valence-electron chi connectivity index (χ2n) is 1.78. The molecule has 0 saturated carbocycles.